The van der Waals surface area contributed by atoms with Crippen LogP contribution in [0.4, 0.5) is 5.82 Å². The van der Waals surface area contributed by atoms with Gasteiger partial charge in [-0.3, -0.25) is 0 Å². The minimum absolute atomic E-state index is 0.204. The number of aryl methyl sites for hydroxylation is 1. The third-order valence-corrected chi connectivity index (χ3v) is 3.44. The van der Waals surface area contributed by atoms with E-state index < -0.39 is 5.97 Å². The van der Waals surface area contributed by atoms with Gasteiger partial charge in [0.05, 0.1) is 0 Å². The van der Waals surface area contributed by atoms with Gasteiger partial charge in [0.1, 0.15) is 17.2 Å². The van der Waals surface area contributed by atoms with Gasteiger partial charge >= 0.3 is 5.97 Å². The average molecular weight is 249 g/mol. The quantitative estimate of drug-likeness (QED) is 0.869. The molecule has 98 valence electrons. The Morgan fingerprint density at radius 2 is 2.22 bits per heavy atom. The van der Waals surface area contributed by atoms with Crippen LogP contribution in [0.25, 0.3) is 0 Å². The van der Waals surface area contributed by atoms with Gasteiger partial charge in [0.2, 0.25) is 0 Å². The monoisotopic (exact) mass is 249 g/mol. The Bertz CT molecular complexity index is 448. The normalized spacial score (nSPS) is 20.6. The van der Waals surface area contributed by atoms with E-state index in [1.807, 2.05) is 0 Å². The third-order valence-electron chi connectivity index (χ3n) is 3.44. The Labute approximate surface area is 107 Å². The van der Waals surface area contributed by atoms with E-state index in [1.54, 1.807) is 6.92 Å². The second kappa shape index (κ2) is 5.33. The molecule has 1 saturated heterocycles. The molecule has 0 amide bonds. The Morgan fingerprint density at radius 3 is 2.94 bits per heavy atom. The van der Waals surface area contributed by atoms with Gasteiger partial charge in [-0.25, -0.2) is 14.8 Å². The predicted octanol–water partition coefficient (Wildman–Crippen LogP) is 2.11. The molecule has 2 rings (SSSR count). The first kappa shape index (κ1) is 12.8. The summed E-state index contributed by atoms with van der Waals surface area (Å²) >= 11 is 0. The van der Waals surface area contributed by atoms with E-state index in [2.05, 4.69) is 21.8 Å². The lowest BCUT2D eigenvalue weighted by Gasteiger charge is -2.23. The van der Waals surface area contributed by atoms with E-state index >= 15 is 0 Å². The van der Waals surface area contributed by atoms with E-state index in [4.69, 9.17) is 0 Å². The molecule has 0 aromatic carbocycles. The molecule has 1 aromatic heterocycles. The highest BCUT2D eigenvalue weighted by atomic mass is 16.4. The van der Waals surface area contributed by atoms with Gasteiger partial charge in [0, 0.05) is 19.3 Å². The molecule has 0 spiro atoms. The lowest BCUT2D eigenvalue weighted by molar-refractivity contribution is 0.0696. The number of aromatic nitrogens is 2. The maximum absolute atomic E-state index is 11.2. The molecule has 1 fully saturated rings. The first-order chi connectivity index (χ1) is 8.58. The highest BCUT2D eigenvalue weighted by Gasteiger charge is 2.21. The van der Waals surface area contributed by atoms with Crippen LogP contribution in [0.5, 0.6) is 0 Å². The van der Waals surface area contributed by atoms with Crippen LogP contribution in [0.1, 0.15) is 42.4 Å². The summed E-state index contributed by atoms with van der Waals surface area (Å²) in [5.41, 5.74) is 0.204. The van der Waals surface area contributed by atoms with Crippen LogP contribution in [0.2, 0.25) is 0 Å². The molecule has 0 aliphatic carbocycles. The number of carboxylic acid groups (broad SMARTS) is 1. The van der Waals surface area contributed by atoms with Crippen LogP contribution in [0, 0.1) is 12.8 Å². The number of aromatic carboxylic acids is 1. The van der Waals surface area contributed by atoms with Crippen LogP contribution in [-0.2, 0) is 0 Å². The molecular formula is C13H19N3O2. The summed E-state index contributed by atoms with van der Waals surface area (Å²) in [7, 11) is 0. The molecule has 0 radical (unpaired) electrons. The maximum Gasteiger partial charge on any atom is 0.341 e. The van der Waals surface area contributed by atoms with Crippen molar-refractivity contribution in [3.05, 3.63) is 17.6 Å². The van der Waals surface area contributed by atoms with Crippen LogP contribution in [0.3, 0.4) is 0 Å². The molecular weight excluding hydrogens is 230 g/mol. The topological polar surface area (TPSA) is 66.3 Å². The summed E-state index contributed by atoms with van der Waals surface area (Å²) in [4.78, 5) is 21.6. The molecule has 5 nitrogen and oxygen atoms in total. The van der Waals surface area contributed by atoms with Crippen molar-refractivity contribution in [1.82, 2.24) is 9.97 Å². The molecule has 0 bridgehead atoms. The standard InChI is InChI=1S/C13H19N3O2/c1-9-4-3-6-16(7-5-9)12-11(13(17)18)8-14-10(2)15-12/h8-9H,3-7H2,1-2H3,(H,17,18). The maximum atomic E-state index is 11.2. The molecule has 1 aromatic rings. The molecule has 2 heterocycles. The van der Waals surface area contributed by atoms with Crippen LogP contribution >= 0.6 is 0 Å². The summed E-state index contributed by atoms with van der Waals surface area (Å²) in [6.07, 6.45) is 4.78. The Hall–Kier alpha value is -1.65. The minimum atomic E-state index is -0.956. The Kier molecular flexibility index (Phi) is 3.79. The van der Waals surface area contributed by atoms with Crippen molar-refractivity contribution in [3.63, 3.8) is 0 Å². The van der Waals surface area contributed by atoms with Gasteiger partial charge in [0.25, 0.3) is 0 Å². The van der Waals surface area contributed by atoms with Crippen molar-refractivity contribution >= 4 is 11.8 Å². The van der Waals surface area contributed by atoms with Gasteiger partial charge in [0.15, 0.2) is 0 Å². The van der Waals surface area contributed by atoms with Crippen molar-refractivity contribution in [1.29, 1.82) is 0 Å². The fraction of sp³-hybridized carbons (Fsp3) is 0.615. The van der Waals surface area contributed by atoms with E-state index in [-0.39, 0.29) is 5.56 Å². The lowest BCUT2D eigenvalue weighted by Crippen LogP contribution is -2.27. The van der Waals surface area contributed by atoms with E-state index in [9.17, 15) is 9.90 Å². The molecule has 1 atom stereocenters. The first-order valence-electron chi connectivity index (χ1n) is 6.40. The molecule has 5 heteroatoms. The number of carbonyl (C=O) groups is 1. The molecule has 1 N–H and O–H groups in total. The summed E-state index contributed by atoms with van der Waals surface area (Å²) < 4.78 is 0. The summed E-state index contributed by atoms with van der Waals surface area (Å²) in [6.45, 7) is 5.78. The van der Waals surface area contributed by atoms with E-state index in [0.29, 0.717) is 17.6 Å². The zero-order chi connectivity index (χ0) is 13.1. The van der Waals surface area contributed by atoms with Gasteiger partial charge in [-0.1, -0.05) is 6.92 Å². The SMILES string of the molecule is Cc1ncc(C(=O)O)c(N2CCCC(C)CC2)n1. The van der Waals surface area contributed by atoms with E-state index in [0.717, 1.165) is 25.9 Å². The van der Waals surface area contributed by atoms with Gasteiger partial charge in [-0.15, -0.1) is 0 Å². The Morgan fingerprint density at radius 1 is 1.44 bits per heavy atom. The number of nitrogens with zero attached hydrogens (tertiary/aromatic N) is 3. The Balaban J connectivity index is 2.30. The molecule has 18 heavy (non-hydrogen) atoms. The number of anilines is 1. The summed E-state index contributed by atoms with van der Waals surface area (Å²) in [5, 5.41) is 9.20. The third kappa shape index (κ3) is 2.78. The smallest absolute Gasteiger partial charge is 0.341 e. The number of hydrogen-bond acceptors (Lipinski definition) is 4. The summed E-state index contributed by atoms with van der Waals surface area (Å²) in [5.74, 6) is 0.935. The fourth-order valence-corrected chi connectivity index (χ4v) is 2.32. The predicted molar refractivity (Wildman–Crippen MR) is 69.0 cm³/mol. The fourth-order valence-electron chi connectivity index (χ4n) is 2.32. The first-order valence-corrected chi connectivity index (χ1v) is 6.40. The zero-order valence-electron chi connectivity index (χ0n) is 10.9. The van der Waals surface area contributed by atoms with Crippen LogP contribution in [-0.4, -0.2) is 34.1 Å². The number of rotatable bonds is 2. The number of hydrogen-bond donors (Lipinski definition) is 1. The zero-order valence-corrected chi connectivity index (χ0v) is 10.9. The second-order valence-corrected chi connectivity index (χ2v) is 4.98. The van der Waals surface area contributed by atoms with Crippen molar-refractivity contribution in [2.45, 2.75) is 33.1 Å². The van der Waals surface area contributed by atoms with Gasteiger partial charge in [-0.05, 0) is 32.1 Å². The average Bonchev–Trinajstić information content (AvgIpc) is 2.53. The van der Waals surface area contributed by atoms with E-state index in [1.165, 1.54) is 12.6 Å². The van der Waals surface area contributed by atoms with Crippen molar-refractivity contribution in [2.75, 3.05) is 18.0 Å². The van der Waals surface area contributed by atoms with Gasteiger partial charge < -0.3 is 10.0 Å². The van der Waals surface area contributed by atoms with Crippen molar-refractivity contribution in [3.8, 4) is 0 Å². The second-order valence-electron chi connectivity index (χ2n) is 4.98. The van der Waals surface area contributed by atoms with Crippen molar-refractivity contribution in [2.24, 2.45) is 5.92 Å². The summed E-state index contributed by atoms with van der Waals surface area (Å²) in [6, 6.07) is 0. The molecule has 1 unspecified atom stereocenters. The van der Waals surface area contributed by atoms with Gasteiger partial charge in [-0.2, -0.15) is 0 Å². The van der Waals surface area contributed by atoms with Crippen LogP contribution in [0.15, 0.2) is 6.20 Å². The lowest BCUT2D eigenvalue weighted by atomic mass is 10.0. The largest absolute Gasteiger partial charge is 0.477 e. The highest BCUT2D eigenvalue weighted by Crippen LogP contribution is 2.23. The molecule has 1 aliphatic heterocycles. The highest BCUT2D eigenvalue weighted by molar-refractivity contribution is 5.92. The minimum Gasteiger partial charge on any atom is -0.477 e. The molecule has 0 saturated carbocycles. The number of carboxylic acids is 1. The molecule has 1 aliphatic rings. The van der Waals surface area contributed by atoms with Crippen molar-refractivity contribution < 1.29 is 9.90 Å². The van der Waals surface area contributed by atoms with Crippen LogP contribution < -0.4 is 4.90 Å².